The first-order chi connectivity index (χ1) is 8.33. The quantitative estimate of drug-likeness (QED) is 0.714. The molecule has 0 bridgehead atoms. The van der Waals surface area contributed by atoms with Gasteiger partial charge in [-0.3, -0.25) is 4.90 Å². The SMILES string of the molecule is CC1CCCN(C2CCc3ccccc3C2)C1. The molecule has 0 N–H and O–H groups in total. The van der Waals surface area contributed by atoms with E-state index < -0.39 is 0 Å². The standard InChI is InChI=1S/C16H23N/c1-13-5-4-10-17(12-13)16-9-8-14-6-2-3-7-15(14)11-16/h2-3,6-7,13,16H,4-5,8-12H2,1H3. The Morgan fingerprint density at radius 1 is 1.12 bits per heavy atom. The van der Waals surface area contributed by atoms with Gasteiger partial charge < -0.3 is 0 Å². The maximum atomic E-state index is 2.75. The number of rotatable bonds is 1. The van der Waals surface area contributed by atoms with Crippen molar-refractivity contribution in [2.24, 2.45) is 5.92 Å². The molecule has 2 atom stereocenters. The van der Waals surface area contributed by atoms with Gasteiger partial charge in [-0.15, -0.1) is 0 Å². The van der Waals surface area contributed by atoms with Gasteiger partial charge >= 0.3 is 0 Å². The summed E-state index contributed by atoms with van der Waals surface area (Å²) in [7, 11) is 0. The number of aryl methyl sites for hydroxylation is 1. The molecule has 0 radical (unpaired) electrons. The summed E-state index contributed by atoms with van der Waals surface area (Å²) in [6, 6.07) is 9.83. The zero-order valence-electron chi connectivity index (χ0n) is 10.9. The second-order valence-corrected chi connectivity index (χ2v) is 5.91. The van der Waals surface area contributed by atoms with Crippen LogP contribution in [0.5, 0.6) is 0 Å². The molecule has 0 amide bonds. The third-order valence-electron chi connectivity index (χ3n) is 4.53. The van der Waals surface area contributed by atoms with Gasteiger partial charge in [0.2, 0.25) is 0 Å². The van der Waals surface area contributed by atoms with Gasteiger partial charge in [-0.25, -0.2) is 0 Å². The lowest BCUT2D eigenvalue weighted by Crippen LogP contribution is -2.44. The van der Waals surface area contributed by atoms with E-state index in [4.69, 9.17) is 0 Å². The van der Waals surface area contributed by atoms with Crippen LogP contribution in [0.2, 0.25) is 0 Å². The number of hydrogen-bond acceptors (Lipinski definition) is 1. The van der Waals surface area contributed by atoms with Crippen molar-refractivity contribution in [1.82, 2.24) is 4.90 Å². The van der Waals surface area contributed by atoms with Crippen molar-refractivity contribution < 1.29 is 0 Å². The molecule has 17 heavy (non-hydrogen) atoms. The fourth-order valence-electron chi connectivity index (χ4n) is 3.55. The van der Waals surface area contributed by atoms with Crippen LogP contribution in [0.1, 0.15) is 37.3 Å². The van der Waals surface area contributed by atoms with E-state index in [1.54, 1.807) is 11.1 Å². The van der Waals surface area contributed by atoms with Crippen molar-refractivity contribution >= 4 is 0 Å². The van der Waals surface area contributed by atoms with Gasteiger partial charge in [-0.2, -0.15) is 0 Å². The first-order valence-electron chi connectivity index (χ1n) is 7.14. The number of hydrogen-bond donors (Lipinski definition) is 0. The van der Waals surface area contributed by atoms with E-state index >= 15 is 0 Å². The maximum absolute atomic E-state index is 2.75. The third kappa shape index (κ3) is 2.40. The first-order valence-corrected chi connectivity index (χ1v) is 7.14. The van der Waals surface area contributed by atoms with Crippen molar-refractivity contribution in [2.75, 3.05) is 13.1 Å². The van der Waals surface area contributed by atoms with Crippen molar-refractivity contribution in [3.8, 4) is 0 Å². The fraction of sp³-hybridized carbons (Fsp3) is 0.625. The molecule has 1 heteroatoms. The summed E-state index contributed by atoms with van der Waals surface area (Å²) in [6.45, 7) is 5.06. The Kier molecular flexibility index (Phi) is 3.19. The molecule has 1 aliphatic carbocycles. The molecule has 1 saturated heterocycles. The molecule has 0 spiro atoms. The molecular weight excluding hydrogens is 206 g/mol. The Morgan fingerprint density at radius 3 is 2.76 bits per heavy atom. The summed E-state index contributed by atoms with van der Waals surface area (Å²) in [5.74, 6) is 0.904. The normalized spacial score (nSPS) is 29.9. The minimum Gasteiger partial charge on any atom is -0.300 e. The molecular formula is C16H23N. The average molecular weight is 229 g/mol. The molecule has 92 valence electrons. The van der Waals surface area contributed by atoms with Crippen LogP contribution < -0.4 is 0 Å². The predicted octanol–water partition coefficient (Wildman–Crippen LogP) is 3.28. The highest BCUT2D eigenvalue weighted by atomic mass is 15.2. The number of piperidine rings is 1. The largest absolute Gasteiger partial charge is 0.300 e. The van der Waals surface area contributed by atoms with Crippen molar-refractivity contribution in [2.45, 2.75) is 45.1 Å². The molecule has 0 saturated carbocycles. The lowest BCUT2D eigenvalue weighted by Gasteiger charge is -2.39. The Balaban J connectivity index is 1.71. The molecule has 1 aromatic carbocycles. The summed E-state index contributed by atoms with van der Waals surface area (Å²) >= 11 is 0. The molecule has 2 aliphatic rings. The minimum absolute atomic E-state index is 0.813. The molecule has 2 unspecified atom stereocenters. The number of likely N-dealkylation sites (tertiary alicyclic amines) is 1. The Morgan fingerprint density at radius 2 is 1.94 bits per heavy atom. The lowest BCUT2D eigenvalue weighted by molar-refractivity contribution is 0.119. The predicted molar refractivity (Wildman–Crippen MR) is 72.2 cm³/mol. The van der Waals surface area contributed by atoms with E-state index in [9.17, 15) is 0 Å². The van der Waals surface area contributed by atoms with E-state index in [-0.39, 0.29) is 0 Å². The zero-order chi connectivity index (χ0) is 11.7. The molecule has 0 aromatic heterocycles. The Hall–Kier alpha value is -0.820. The van der Waals surface area contributed by atoms with E-state index in [0.29, 0.717) is 0 Å². The summed E-state index contributed by atoms with van der Waals surface area (Å²) in [5.41, 5.74) is 3.19. The van der Waals surface area contributed by atoms with Gasteiger partial charge in [0.25, 0.3) is 0 Å². The highest BCUT2D eigenvalue weighted by Crippen LogP contribution is 2.27. The molecule has 1 heterocycles. The first kappa shape index (κ1) is 11.3. The van der Waals surface area contributed by atoms with Gasteiger partial charge in [0.1, 0.15) is 0 Å². The van der Waals surface area contributed by atoms with Crippen LogP contribution in [0.3, 0.4) is 0 Å². The Labute approximate surface area is 105 Å². The summed E-state index contributed by atoms with van der Waals surface area (Å²) in [6.07, 6.45) is 6.76. The summed E-state index contributed by atoms with van der Waals surface area (Å²) in [5, 5.41) is 0. The molecule has 1 nitrogen and oxygen atoms in total. The van der Waals surface area contributed by atoms with Gasteiger partial charge in [-0.1, -0.05) is 31.2 Å². The lowest BCUT2D eigenvalue weighted by atomic mass is 9.86. The molecule has 1 fully saturated rings. The fourth-order valence-corrected chi connectivity index (χ4v) is 3.55. The molecule has 3 rings (SSSR count). The van der Waals surface area contributed by atoms with Crippen LogP contribution in [0, 0.1) is 5.92 Å². The van der Waals surface area contributed by atoms with Crippen LogP contribution in [0.15, 0.2) is 24.3 Å². The van der Waals surface area contributed by atoms with Gasteiger partial charge in [0.05, 0.1) is 0 Å². The van der Waals surface area contributed by atoms with Crippen molar-refractivity contribution in [1.29, 1.82) is 0 Å². The highest BCUT2D eigenvalue weighted by Gasteiger charge is 2.26. The van der Waals surface area contributed by atoms with E-state index in [1.165, 1.54) is 45.2 Å². The number of nitrogens with zero attached hydrogens (tertiary/aromatic N) is 1. The van der Waals surface area contributed by atoms with Crippen LogP contribution >= 0.6 is 0 Å². The van der Waals surface area contributed by atoms with Crippen LogP contribution in [0.4, 0.5) is 0 Å². The maximum Gasteiger partial charge on any atom is 0.0139 e. The van der Waals surface area contributed by atoms with Gasteiger partial charge in [-0.05, 0) is 55.7 Å². The summed E-state index contributed by atoms with van der Waals surface area (Å²) in [4.78, 5) is 2.75. The van der Waals surface area contributed by atoms with Crippen LogP contribution in [-0.4, -0.2) is 24.0 Å². The average Bonchev–Trinajstić information content (AvgIpc) is 2.38. The van der Waals surface area contributed by atoms with Gasteiger partial charge in [0.15, 0.2) is 0 Å². The second-order valence-electron chi connectivity index (χ2n) is 5.91. The van der Waals surface area contributed by atoms with Crippen molar-refractivity contribution in [3.05, 3.63) is 35.4 Å². The second kappa shape index (κ2) is 4.81. The molecule has 1 aliphatic heterocycles. The highest BCUT2D eigenvalue weighted by molar-refractivity contribution is 5.30. The minimum atomic E-state index is 0.813. The Bertz CT molecular complexity index is 385. The topological polar surface area (TPSA) is 3.24 Å². The summed E-state index contributed by atoms with van der Waals surface area (Å²) < 4.78 is 0. The van der Waals surface area contributed by atoms with E-state index in [2.05, 4.69) is 36.1 Å². The number of benzene rings is 1. The zero-order valence-corrected chi connectivity index (χ0v) is 10.9. The van der Waals surface area contributed by atoms with Crippen LogP contribution in [0.25, 0.3) is 0 Å². The third-order valence-corrected chi connectivity index (χ3v) is 4.53. The van der Waals surface area contributed by atoms with E-state index in [0.717, 1.165) is 12.0 Å². The van der Waals surface area contributed by atoms with E-state index in [1.807, 2.05) is 0 Å². The number of fused-ring (bicyclic) bond motifs is 1. The molecule has 1 aromatic rings. The smallest absolute Gasteiger partial charge is 0.0139 e. The van der Waals surface area contributed by atoms with Gasteiger partial charge in [0, 0.05) is 12.6 Å². The monoisotopic (exact) mass is 229 g/mol. The van der Waals surface area contributed by atoms with Crippen LogP contribution in [-0.2, 0) is 12.8 Å². The van der Waals surface area contributed by atoms with Crippen molar-refractivity contribution in [3.63, 3.8) is 0 Å².